The molecule has 246 valence electrons. The van der Waals surface area contributed by atoms with Crippen molar-refractivity contribution in [3.8, 4) is 0 Å². The lowest BCUT2D eigenvalue weighted by Crippen LogP contribution is -2.46. The van der Waals surface area contributed by atoms with Gasteiger partial charge in [0.25, 0.3) is 0 Å². The number of carbonyl (C=O) groups excluding carboxylic acids is 2. The van der Waals surface area contributed by atoms with Crippen molar-refractivity contribution >= 4 is 26.7 Å². The van der Waals surface area contributed by atoms with E-state index in [9.17, 15) is 14.4 Å². The Kier molecular flexibility index (Phi) is 34.9. The number of carboxylic acids is 1. The first-order valence-corrected chi connectivity index (χ1v) is 17.4. The third-order valence-electron chi connectivity index (χ3n) is 5.64. The molecule has 0 spiro atoms. The summed E-state index contributed by atoms with van der Waals surface area (Å²) in [6, 6.07) is 0.645. The number of ether oxygens (including phenoxy) is 2. The van der Waals surface area contributed by atoms with Crippen LogP contribution in [0.4, 0.5) is 0 Å². The van der Waals surface area contributed by atoms with Gasteiger partial charge < -0.3 is 27.9 Å². The predicted molar refractivity (Wildman–Crippen MR) is 171 cm³/mol. The van der Waals surface area contributed by atoms with Crippen LogP contribution in [0.15, 0.2) is 37.5 Å². The highest BCUT2D eigenvalue weighted by Crippen LogP contribution is 2.18. The average Bonchev–Trinajstić information content (AvgIpc) is 2.96. The van der Waals surface area contributed by atoms with Crippen molar-refractivity contribution in [3.05, 3.63) is 37.5 Å². The SMILES string of the molecule is C=C(C)C(=O)OCCC[Si](OCC)(OCC)OCC.C=CC(=O)O.C=CC(=O)OCCCCCCCCCCCCC. The maximum atomic E-state index is 11.2. The summed E-state index contributed by atoms with van der Waals surface area (Å²) in [4.78, 5) is 31.2. The second-order valence-electron chi connectivity index (χ2n) is 9.45. The van der Waals surface area contributed by atoms with Gasteiger partial charge in [0, 0.05) is 43.6 Å². The topological polar surface area (TPSA) is 118 Å². The molecule has 9 nitrogen and oxygen atoms in total. The maximum Gasteiger partial charge on any atom is 0.501 e. The quantitative estimate of drug-likeness (QED) is 0.0474. The Morgan fingerprint density at radius 2 is 1.07 bits per heavy atom. The molecule has 0 fully saturated rings. The number of aliphatic carboxylic acids is 1. The fourth-order valence-corrected chi connectivity index (χ4v) is 6.16. The van der Waals surface area contributed by atoms with Gasteiger partial charge in [-0.25, -0.2) is 14.4 Å². The van der Waals surface area contributed by atoms with Crippen LogP contribution in [-0.2, 0) is 37.1 Å². The molecule has 0 aromatic carbocycles. The van der Waals surface area contributed by atoms with Gasteiger partial charge in [-0.05, 0) is 40.5 Å². The summed E-state index contributed by atoms with van der Waals surface area (Å²) in [7, 11) is -2.61. The summed E-state index contributed by atoms with van der Waals surface area (Å²) in [6.07, 6.45) is 17.1. The number of esters is 2. The molecule has 42 heavy (non-hydrogen) atoms. The number of carbonyl (C=O) groups is 3. The minimum Gasteiger partial charge on any atom is -0.478 e. The highest BCUT2D eigenvalue weighted by Gasteiger charge is 2.39. The molecule has 10 heteroatoms. The predicted octanol–water partition coefficient (Wildman–Crippen LogP) is 7.83. The van der Waals surface area contributed by atoms with E-state index in [0.717, 1.165) is 12.5 Å². The second kappa shape index (κ2) is 33.2. The molecule has 0 amide bonds. The number of hydrogen-bond donors (Lipinski definition) is 1. The van der Waals surface area contributed by atoms with Crippen molar-refractivity contribution in [3.63, 3.8) is 0 Å². The van der Waals surface area contributed by atoms with Crippen LogP contribution in [0, 0.1) is 0 Å². The first-order chi connectivity index (χ1) is 20.1. The van der Waals surface area contributed by atoms with Crippen molar-refractivity contribution in [2.24, 2.45) is 0 Å². The van der Waals surface area contributed by atoms with Crippen LogP contribution in [0.1, 0.15) is 112 Å². The molecule has 0 rings (SSSR count). The zero-order valence-corrected chi connectivity index (χ0v) is 28.2. The van der Waals surface area contributed by atoms with Crippen molar-refractivity contribution in [1.82, 2.24) is 0 Å². The standard InChI is InChI=1S/C16H30O2.C13H26O5Si.C3H4O2/c1-3-5-6-7-8-9-10-11-12-13-14-15-18-16(17)4-2;1-6-16-19(17-7-2,18-8-3)11-9-10-15-13(14)12(4)5;1-2-3(4)5/h4H,2-3,5-15H2,1H3;4,6-11H2,1-3,5H3;2H,1H2,(H,4,5). The van der Waals surface area contributed by atoms with Crippen LogP contribution in [-0.4, -0.2) is 64.9 Å². The van der Waals surface area contributed by atoms with E-state index in [2.05, 4.69) is 26.7 Å². The Balaban J connectivity index is -0.000000624. The van der Waals surface area contributed by atoms with Gasteiger partial charge in [-0.3, -0.25) is 0 Å². The van der Waals surface area contributed by atoms with Gasteiger partial charge in [0.15, 0.2) is 0 Å². The first kappa shape index (κ1) is 44.2. The van der Waals surface area contributed by atoms with Crippen LogP contribution in [0.3, 0.4) is 0 Å². The fourth-order valence-electron chi connectivity index (χ4n) is 3.58. The molecule has 0 bridgehead atoms. The summed E-state index contributed by atoms with van der Waals surface area (Å²) >= 11 is 0. The first-order valence-electron chi connectivity index (χ1n) is 15.5. The van der Waals surface area contributed by atoms with Crippen LogP contribution in [0.25, 0.3) is 0 Å². The summed E-state index contributed by atoms with van der Waals surface area (Å²) in [5.41, 5.74) is 0.405. The summed E-state index contributed by atoms with van der Waals surface area (Å²) in [5.74, 6) is -1.65. The third-order valence-corrected chi connectivity index (χ3v) is 8.79. The molecular formula is C32H60O9Si. The van der Waals surface area contributed by atoms with Gasteiger partial charge in [-0.1, -0.05) is 90.9 Å². The lowest BCUT2D eigenvalue weighted by molar-refractivity contribution is -0.139. The van der Waals surface area contributed by atoms with Gasteiger partial charge in [-0.2, -0.15) is 0 Å². The van der Waals surface area contributed by atoms with E-state index >= 15 is 0 Å². The molecule has 0 saturated heterocycles. The van der Waals surface area contributed by atoms with Crippen molar-refractivity contribution in [2.45, 2.75) is 118 Å². The normalized spacial score (nSPS) is 10.3. The van der Waals surface area contributed by atoms with Crippen LogP contribution in [0.2, 0.25) is 6.04 Å². The Bertz CT molecular complexity index is 693. The lowest BCUT2D eigenvalue weighted by Gasteiger charge is -2.28. The van der Waals surface area contributed by atoms with E-state index in [0.29, 0.717) is 51.1 Å². The molecule has 0 saturated carbocycles. The number of unbranched alkanes of at least 4 members (excludes halogenated alkanes) is 10. The van der Waals surface area contributed by atoms with Crippen LogP contribution >= 0.6 is 0 Å². The van der Waals surface area contributed by atoms with Gasteiger partial charge in [0.1, 0.15) is 0 Å². The highest BCUT2D eigenvalue weighted by molar-refractivity contribution is 6.60. The molecule has 0 aromatic heterocycles. The Hall–Kier alpha value is -2.27. The Labute approximate surface area is 257 Å². The van der Waals surface area contributed by atoms with Gasteiger partial charge in [0.2, 0.25) is 0 Å². The average molecular weight is 617 g/mol. The van der Waals surface area contributed by atoms with Crippen molar-refractivity contribution in [2.75, 3.05) is 33.0 Å². The van der Waals surface area contributed by atoms with Crippen molar-refractivity contribution in [1.29, 1.82) is 0 Å². The monoisotopic (exact) mass is 616 g/mol. The minimum absolute atomic E-state index is 0.304. The van der Waals surface area contributed by atoms with Gasteiger partial charge in [0.05, 0.1) is 13.2 Å². The maximum absolute atomic E-state index is 11.2. The van der Waals surface area contributed by atoms with E-state index in [-0.39, 0.29) is 11.9 Å². The summed E-state index contributed by atoms with van der Waals surface area (Å²) in [6.45, 7) is 22.0. The molecule has 0 aliphatic rings. The summed E-state index contributed by atoms with van der Waals surface area (Å²) in [5, 5.41) is 7.60. The fraction of sp³-hybridized carbons (Fsp3) is 0.719. The Morgan fingerprint density at radius 1 is 0.667 bits per heavy atom. The molecule has 0 heterocycles. The molecular weight excluding hydrogens is 556 g/mol. The van der Waals surface area contributed by atoms with E-state index in [1.807, 2.05) is 20.8 Å². The Morgan fingerprint density at radius 3 is 1.43 bits per heavy atom. The number of carboxylic acid groups (broad SMARTS) is 1. The molecule has 0 unspecified atom stereocenters. The van der Waals surface area contributed by atoms with Crippen LogP contribution in [0.5, 0.6) is 0 Å². The molecule has 0 aliphatic carbocycles. The molecule has 0 aliphatic heterocycles. The van der Waals surface area contributed by atoms with Gasteiger partial charge >= 0.3 is 26.7 Å². The minimum atomic E-state index is -2.61. The van der Waals surface area contributed by atoms with E-state index < -0.39 is 14.8 Å². The van der Waals surface area contributed by atoms with Crippen LogP contribution < -0.4 is 0 Å². The lowest BCUT2D eigenvalue weighted by atomic mass is 10.1. The molecule has 1 N–H and O–H groups in total. The smallest absolute Gasteiger partial charge is 0.478 e. The molecule has 0 atom stereocenters. The zero-order chi connectivity index (χ0) is 32.5. The second-order valence-corrected chi connectivity index (χ2v) is 12.2. The van der Waals surface area contributed by atoms with E-state index in [1.165, 1.54) is 70.3 Å². The van der Waals surface area contributed by atoms with Crippen molar-refractivity contribution < 1.29 is 42.2 Å². The largest absolute Gasteiger partial charge is 0.501 e. The molecule has 0 radical (unpaired) electrons. The highest BCUT2D eigenvalue weighted by atomic mass is 28.4. The number of hydrogen-bond acceptors (Lipinski definition) is 8. The van der Waals surface area contributed by atoms with E-state index in [1.54, 1.807) is 6.92 Å². The molecule has 0 aromatic rings. The van der Waals surface area contributed by atoms with E-state index in [4.69, 9.17) is 27.9 Å². The van der Waals surface area contributed by atoms with Gasteiger partial charge in [-0.15, -0.1) is 0 Å². The summed E-state index contributed by atoms with van der Waals surface area (Å²) < 4.78 is 27.1. The zero-order valence-electron chi connectivity index (χ0n) is 27.2. The third kappa shape index (κ3) is 32.2. The number of rotatable bonds is 25.